The molecule has 1 aliphatic heterocycles. The number of rotatable bonds is 7. The molecule has 1 fully saturated rings. The van der Waals surface area contributed by atoms with E-state index in [1.165, 1.54) is 0 Å². The van der Waals surface area contributed by atoms with Crippen LogP contribution in [-0.4, -0.2) is 54.1 Å². The number of ether oxygens (including phenoxy) is 2. The minimum absolute atomic E-state index is 0.0332. The number of hydrogen-bond donors (Lipinski definition) is 3. The topological polar surface area (TPSA) is 58.9 Å². The maximum atomic E-state index is 9.48. The van der Waals surface area contributed by atoms with Gasteiger partial charge in [-0.3, -0.25) is 0 Å². The van der Waals surface area contributed by atoms with Crippen LogP contribution in [0.25, 0.3) is 0 Å². The fourth-order valence-corrected chi connectivity index (χ4v) is 2.81. The molecule has 0 aromatic carbocycles. The zero-order valence-electron chi connectivity index (χ0n) is 10.2. The highest BCUT2D eigenvalue weighted by atomic mass is 32.1. The van der Waals surface area contributed by atoms with Crippen molar-refractivity contribution in [3.8, 4) is 0 Å². The van der Waals surface area contributed by atoms with Gasteiger partial charge >= 0.3 is 0 Å². The fourth-order valence-electron chi connectivity index (χ4n) is 2.37. The van der Waals surface area contributed by atoms with E-state index < -0.39 is 6.10 Å². The molecule has 0 saturated carbocycles. The van der Waals surface area contributed by atoms with Crippen LogP contribution in [0.4, 0.5) is 0 Å². The van der Waals surface area contributed by atoms with Gasteiger partial charge in [-0.15, -0.1) is 6.58 Å². The molecule has 2 N–H and O–H groups in total. The van der Waals surface area contributed by atoms with Crippen LogP contribution in [0.2, 0.25) is 0 Å². The van der Waals surface area contributed by atoms with Crippen LogP contribution >= 0.6 is 12.6 Å². The summed E-state index contributed by atoms with van der Waals surface area (Å²) in [6.45, 7) is 3.45. The Kier molecular flexibility index (Phi) is 6.51. The highest BCUT2D eigenvalue weighted by Crippen LogP contribution is 2.34. The molecule has 5 atom stereocenters. The molecule has 5 heteroatoms. The van der Waals surface area contributed by atoms with Gasteiger partial charge in [-0.05, 0) is 12.2 Å². The van der Waals surface area contributed by atoms with Crippen LogP contribution < -0.4 is 0 Å². The summed E-state index contributed by atoms with van der Waals surface area (Å²) in [6.07, 6.45) is 1.94. The van der Waals surface area contributed by atoms with Gasteiger partial charge < -0.3 is 19.7 Å². The van der Waals surface area contributed by atoms with Crippen molar-refractivity contribution >= 4 is 12.6 Å². The third kappa shape index (κ3) is 3.69. The van der Waals surface area contributed by atoms with Gasteiger partial charge in [-0.2, -0.15) is 12.6 Å². The molecule has 100 valence electrons. The Morgan fingerprint density at radius 3 is 2.71 bits per heavy atom. The number of aliphatic hydroxyl groups excluding tert-OH is 2. The van der Waals surface area contributed by atoms with E-state index in [1.807, 2.05) is 6.08 Å². The van der Waals surface area contributed by atoms with Gasteiger partial charge in [-0.1, -0.05) is 6.08 Å². The van der Waals surface area contributed by atoms with Crippen LogP contribution in [0.15, 0.2) is 12.7 Å². The van der Waals surface area contributed by atoms with Crippen molar-refractivity contribution in [2.75, 3.05) is 19.5 Å². The highest BCUT2D eigenvalue weighted by Gasteiger charge is 2.43. The molecule has 0 amide bonds. The maximum absolute atomic E-state index is 9.48. The van der Waals surface area contributed by atoms with Gasteiger partial charge in [0.2, 0.25) is 0 Å². The first-order valence-corrected chi connectivity index (χ1v) is 6.50. The molecular weight excluding hydrogens is 240 g/mol. The van der Waals surface area contributed by atoms with Crippen molar-refractivity contribution in [2.45, 2.75) is 37.3 Å². The average Bonchev–Trinajstić information content (AvgIpc) is 2.66. The molecule has 0 aromatic heterocycles. The molecule has 1 heterocycles. The third-order valence-corrected chi connectivity index (χ3v) is 3.63. The predicted molar refractivity (Wildman–Crippen MR) is 69.3 cm³/mol. The maximum Gasteiger partial charge on any atom is 0.0894 e. The second-order valence-corrected chi connectivity index (χ2v) is 4.72. The molecule has 4 nitrogen and oxygen atoms in total. The highest BCUT2D eigenvalue weighted by molar-refractivity contribution is 7.80. The number of aliphatic hydroxyl groups is 2. The van der Waals surface area contributed by atoms with Crippen molar-refractivity contribution in [1.29, 1.82) is 0 Å². The Hall–Kier alpha value is -0.0700. The fraction of sp³-hybridized carbons (Fsp3) is 0.833. The van der Waals surface area contributed by atoms with Crippen molar-refractivity contribution in [3.05, 3.63) is 12.7 Å². The molecule has 1 rings (SSSR count). The number of hydrogen-bond acceptors (Lipinski definition) is 5. The molecule has 0 aliphatic carbocycles. The quantitative estimate of drug-likeness (QED) is 0.465. The van der Waals surface area contributed by atoms with Crippen molar-refractivity contribution in [1.82, 2.24) is 0 Å². The van der Waals surface area contributed by atoms with Crippen LogP contribution in [0, 0.1) is 5.92 Å². The Labute approximate surface area is 108 Å². The Morgan fingerprint density at radius 2 is 2.24 bits per heavy atom. The minimum Gasteiger partial charge on any atom is -0.394 e. The molecule has 1 saturated heterocycles. The standard InChI is InChI=1S/C12H22O4S/c1-3-4-10-9(7-17)12(15-2)11(16-10)5-8(14)6-13/h3,8-14,17H,1,4-7H2,2H3/t8-,9?,10-,11+,12+/m0/s1. The number of thiol groups is 1. The van der Waals surface area contributed by atoms with Crippen LogP contribution in [0.1, 0.15) is 12.8 Å². The first kappa shape index (κ1) is 15.0. The van der Waals surface area contributed by atoms with Gasteiger partial charge in [-0.25, -0.2) is 0 Å². The second-order valence-electron chi connectivity index (χ2n) is 4.36. The summed E-state index contributed by atoms with van der Waals surface area (Å²) in [5.74, 6) is 0.861. The normalized spacial score (nSPS) is 34.8. The van der Waals surface area contributed by atoms with Gasteiger partial charge in [0.1, 0.15) is 0 Å². The van der Waals surface area contributed by atoms with Crippen molar-refractivity contribution in [2.24, 2.45) is 5.92 Å². The average molecular weight is 262 g/mol. The largest absolute Gasteiger partial charge is 0.394 e. The Bertz CT molecular complexity index is 237. The van der Waals surface area contributed by atoms with Crippen molar-refractivity contribution in [3.63, 3.8) is 0 Å². The zero-order chi connectivity index (χ0) is 12.8. The predicted octanol–water partition coefficient (Wildman–Crippen LogP) is 0.634. The van der Waals surface area contributed by atoms with Gasteiger partial charge in [0.05, 0.1) is 31.0 Å². The van der Waals surface area contributed by atoms with E-state index in [1.54, 1.807) is 7.11 Å². The molecule has 0 aromatic rings. The smallest absolute Gasteiger partial charge is 0.0894 e. The molecule has 1 unspecified atom stereocenters. The summed E-state index contributed by atoms with van der Waals surface area (Å²) in [6, 6.07) is 0. The Morgan fingerprint density at radius 1 is 1.53 bits per heavy atom. The lowest BCUT2D eigenvalue weighted by molar-refractivity contribution is -0.0394. The van der Waals surface area contributed by atoms with Crippen LogP contribution in [0.3, 0.4) is 0 Å². The lowest BCUT2D eigenvalue weighted by Gasteiger charge is -2.22. The molecular formula is C12H22O4S. The number of methoxy groups -OCH3 is 1. The second kappa shape index (κ2) is 7.38. The lowest BCUT2D eigenvalue weighted by atomic mass is 9.94. The van der Waals surface area contributed by atoms with E-state index in [0.717, 1.165) is 6.42 Å². The van der Waals surface area contributed by atoms with E-state index in [9.17, 15) is 5.11 Å². The van der Waals surface area contributed by atoms with Crippen LogP contribution in [-0.2, 0) is 9.47 Å². The van der Waals surface area contributed by atoms with E-state index in [2.05, 4.69) is 19.2 Å². The monoisotopic (exact) mass is 262 g/mol. The summed E-state index contributed by atoms with van der Waals surface area (Å²) in [5, 5.41) is 18.4. The van der Waals surface area contributed by atoms with E-state index in [0.29, 0.717) is 12.2 Å². The summed E-state index contributed by atoms with van der Waals surface area (Å²) >= 11 is 4.33. The van der Waals surface area contributed by atoms with E-state index >= 15 is 0 Å². The SMILES string of the molecule is C=CC[C@@H]1O[C@H](C[C@H](O)CO)[C@H](OC)C1CS. The molecule has 0 bridgehead atoms. The van der Waals surface area contributed by atoms with Gasteiger partial charge in [0.25, 0.3) is 0 Å². The third-order valence-electron chi connectivity index (χ3n) is 3.21. The zero-order valence-corrected chi connectivity index (χ0v) is 11.1. The molecule has 0 spiro atoms. The molecule has 17 heavy (non-hydrogen) atoms. The Balaban J connectivity index is 2.67. The molecule has 0 radical (unpaired) electrons. The first-order chi connectivity index (χ1) is 8.17. The minimum atomic E-state index is -0.763. The van der Waals surface area contributed by atoms with E-state index in [4.69, 9.17) is 14.6 Å². The summed E-state index contributed by atoms with van der Waals surface area (Å²) in [5.41, 5.74) is 0. The summed E-state index contributed by atoms with van der Waals surface area (Å²) in [4.78, 5) is 0. The lowest BCUT2D eigenvalue weighted by Crippen LogP contribution is -2.33. The summed E-state index contributed by atoms with van der Waals surface area (Å²) in [7, 11) is 1.64. The molecule has 1 aliphatic rings. The van der Waals surface area contributed by atoms with Gasteiger partial charge in [0, 0.05) is 19.4 Å². The van der Waals surface area contributed by atoms with E-state index in [-0.39, 0.29) is 30.8 Å². The van der Waals surface area contributed by atoms with Crippen LogP contribution in [0.5, 0.6) is 0 Å². The van der Waals surface area contributed by atoms with Crippen molar-refractivity contribution < 1.29 is 19.7 Å². The van der Waals surface area contributed by atoms with Gasteiger partial charge in [0.15, 0.2) is 0 Å². The summed E-state index contributed by atoms with van der Waals surface area (Å²) < 4.78 is 11.3. The first-order valence-electron chi connectivity index (χ1n) is 5.86.